The molecule has 0 bridgehead atoms. The molecule has 20 heavy (non-hydrogen) atoms. The lowest BCUT2D eigenvalue weighted by Crippen LogP contribution is -2.43. The average molecular weight is 274 g/mol. The summed E-state index contributed by atoms with van der Waals surface area (Å²) in [6.07, 6.45) is 4.58. The minimum atomic E-state index is 0.199. The summed E-state index contributed by atoms with van der Waals surface area (Å²) in [6.45, 7) is 6.58. The molecular weight excluding hydrogens is 248 g/mol. The van der Waals surface area contributed by atoms with E-state index in [9.17, 15) is 4.79 Å². The van der Waals surface area contributed by atoms with Crippen molar-refractivity contribution in [3.8, 4) is 0 Å². The zero-order valence-corrected chi connectivity index (χ0v) is 12.7. The fraction of sp³-hybridized carbons (Fsp3) is 0.588. The van der Waals surface area contributed by atoms with Crippen LogP contribution in [0.5, 0.6) is 0 Å². The van der Waals surface area contributed by atoms with Crippen molar-refractivity contribution in [1.29, 1.82) is 0 Å². The molecule has 110 valence electrons. The number of hydrogen-bond acceptors (Lipinski definition) is 2. The van der Waals surface area contributed by atoms with Crippen LogP contribution in [0, 0.1) is 0 Å². The van der Waals surface area contributed by atoms with Crippen LogP contribution >= 0.6 is 0 Å². The fourth-order valence-corrected chi connectivity index (χ4v) is 2.91. The van der Waals surface area contributed by atoms with Gasteiger partial charge in [0.2, 0.25) is 5.91 Å². The van der Waals surface area contributed by atoms with Gasteiger partial charge in [-0.3, -0.25) is 4.79 Å². The Kier molecular flexibility index (Phi) is 5.60. The molecule has 0 saturated carbocycles. The third-order valence-electron chi connectivity index (χ3n) is 4.15. The summed E-state index contributed by atoms with van der Waals surface area (Å²) in [6, 6.07) is 8.67. The molecule has 1 N–H and O–H groups in total. The largest absolute Gasteiger partial charge is 0.334 e. The Morgan fingerprint density at radius 3 is 2.95 bits per heavy atom. The van der Waals surface area contributed by atoms with Gasteiger partial charge in [0.1, 0.15) is 0 Å². The molecule has 1 aromatic carbocycles. The highest BCUT2D eigenvalue weighted by molar-refractivity contribution is 5.79. The Balaban J connectivity index is 1.86. The first-order valence-corrected chi connectivity index (χ1v) is 7.82. The summed E-state index contributed by atoms with van der Waals surface area (Å²) < 4.78 is 0. The number of nitrogens with one attached hydrogen (secondary N) is 1. The summed E-state index contributed by atoms with van der Waals surface area (Å²) >= 11 is 0. The number of carbonyl (C=O) groups is 1. The van der Waals surface area contributed by atoms with Crippen molar-refractivity contribution >= 4 is 5.91 Å². The van der Waals surface area contributed by atoms with Crippen molar-refractivity contribution in [3.05, 3.63) is 35.4 Å². The highest BCUT2D eigenvalue weighted by Gasteiger charge is 2.26. The fourth-order valence-electron chi connectivity index (χ4n) is 2.91. The van der Waals surface area contributed by atoms with Gasteiger partial charge in [0.05, 0.1) is 12.6 Å². The first-order chi connectivity index (χ1) is 9.74. The maximum Gasteiger partial charge on any atom is 0.237 e. The molecule has 3 nitrogen and oxygen atoms in total. The second-order valence-electron chi connectivity index (χ2n) is 5.60. The Hall–Kier alpha value is -1.35. The minimum absolute atomic E-state index is 0.199. The van der Waals surface area contributed by atoms with Gasteiger partial charge in [0.25, 0.3) is 0 Å². The Morgan fingerprint density at radius 2 is 2.15 bits per heavy atom. The van der Waals surface area contributed by atoms with Gasteiger partial charge in [0.15, 0.2) is 0 Å². The van der Waals surface area contributed by atoms with Crippen molar-refractivity contribution in [2.75, 3.05) is 19.6 Å². The van der Waals surface area contributed by atoms with Gasteiger partial charge in [-0.15, -0.1) is 0 Å². The molecule has 0 saturated heterocycles. The Morgan fingerprint density at radius 1 is 1.35 bits per heavy atom. The van der Waals surface area contributed by atoms with Gasteiger partial charge < -0.3 is 10.2 Å². The van der Waals surface area contributed by atoms with Crippen LogP contribution in [0.2, 0.25) is 0 Å². The van der Waals surface area contributed by atoms with Crippen LogP contribution in [0.15, 0.2) is 24.3 Å². The standard InChI is InChI=1S/C17H26N2O/c1-3-4-7-11-18-13-17(20)19-12-10-15-8-5-6-9-16(15)14(19)2/h5-6,8-9,14,18H,3-4,7,10-13H2,1-2H3/t14-/m1/s1. The van der Waals surface area contributed by atoms with Crippen molar-refractivity contribution in [2.24, 2.45) is 0 Å². The van der Waals surface area contributed by atoms with Crippen LogP contribution < -0.4 is 5.32 Å². The topological polar surface area (TPSA) is 32.3 Å². The first-order valence-electron chi connectivity index (χ1n) is 7.82. The summed E-state index contributed by atoms with van der Waals surface area (Å²) in [7, 11) is 0. The van der Waals surface area contributed by atoms with Gasteiger partial charge in [-0.05, 0) is 37.4 Å². The lowest BCUT2D eigenvalue weighted by molar-refractivity contribution is -0.132. The van der Waals surface area contributed by atoms with Gasteiger partial charge in [-0.25, -0.2) is 0 Å². The van der Waals surface area contributed by atoms with E-state index in [0.29, 0.717) is 6.54 Å². The monoisotopic (exact) mass is 274 g/mol. The summed E-state index contributed by atoms with van der Waals surface area (Å²) in [5.74, 6) is 0.225. The van der Waals surface area contributed by atoms with E-state index in [0.717, 1.165) is 25.9 Å². The van der Waals surface area contributed by atoms with E-state index in [4.69, 9.17) is 0 Å². The molecule has 1 amide bonds. The van der Waals surface area contributed by atoms with Gasteiger partial charge in [-0.1, -0.05) is 44.0 Å². The molecule has 0 aliphatic carbocycles. The first kappa shape index (κ1) is 15.0. The smallest absolute Gasteiger partial charge is 0.237 e. The molecule has 1 aliphatic heterocycles. The number of unbranched alkanes of at least 4 members (excludes halogenated alkanes) is 2. The van der Waals surface area contributed by atoms with E-state index in [-0.39, 0.29) is 11.9 Å². The van der Waals surface area contributed by atoms with Crippen LogP contribution in [-0.4, -0.2) is 30.4 Å². The van der Waals surface area contributed by atoms with Crippen LogP contribution in [0.3, 0.4) is 0 Å². The molecule has 0 fully saturated rings. The van der Waals surface area contributed by atoms with E-state index in [1.165, 1.54) is 24.0 Å². The lowest BCUT2D eigenvalue weighted by Gasteiger charge is -2.35. The minimum Gasteiger partial charge on any atom is -0.334 e. The highest BCUT2D eigenvalue weighted by Crippen LogP contribution is 2.28. The normalized spacial score (nSPS) is 17.9. The lowest BCUT2D eigenvalue weighted by atomic mass is 9.93. The van der Waals surface area contributed by atoms with E-state index in [1.54, 1.807) is 0 Å². The van der Waals surface area contributed by atoms with Crippen LogP contribution in [0.25, 0.3) is 0 Å². The highest BCUT2D eigenvalue weighted by atomic mass is 16.2. The second kappa shape index (κ2) is 7.44. The van der Waals surface area contributed by atoms with Crippen LogP contribution in [0.1, 0.15) is 50.3 Å². The number of carbonyl (C=O) groups excluding carboxylic acids is 1. The predicted molar refractivity (Wildman–Crippen MR) is 82.7 cm³/mol. The number of nitrogens with zero attached hydrogens (tertiary/aromatic N) is 1. The molecule has 2 rings (SSSR count). The Bertz CT molecular complexity index is 444. The summed E-state index contributed by atoms with van der Waals surface area (Å²) in [5, 5.41) is 3.27. The molecule has 1 aliphatic rings. The molecule has 1 aromatic rings. The van der Waals surface area contributed by atoms with E-state index in [1.807, 2.05) is 4.90 Å². The zero-order valence-electron chi connectivity index (χ0n) is 12.7. The van der Waals surface area contributed by atoms with Crippen molar-refractivity contribution in [2.45, 2.75) is 45.6 Å². The van der Waals surface area contributed by atoms with E-state index < -0.39 is 0 Å². The third kappa shape index (κ3) is 3.60. The van der Waals surface area contributed by atoms with Gasteiger partial charge in [-0.2, -0.15) is 0 Å². The quantitative estimate of drug-likeness (QED) is 0.809. The molecule has 0 unspecified atom stereocenters. The van der Waals surface area contributed by atoms with E-state index >= 15 is 0 Å². The average Bonchev–Trinajstić information content (AvgIpc) is 2.47. The van der Waals surface area contributed by atoms with Gasteiger partial charge >= 0.3 is 0 Å². The maximum absolute atomic E-state index is 12.3. The molecule has 0 spiro atoms. The number of fused-ring (bicyclic) bond motifs is 1. The summed E-state index contributed by atoms with van der Waals surface area (Å²) in [5.41, 5.74) is 2.69. The van der Waals surface area contributed by atoms with Crippen LogP contribution in [-0.2, 0) is 11.2 Å². The third-order valence-corrected chi connectivity index (χ3v) is 4.15. The zero-order chi connectivity index (χ0) is 14.4. The summed E-state index contributed by atoms with van der Waals surface area (Å²) in [4.78, 5) is 14.3. The van der Waals surface area contributed by atoms with Crippen LogP contribution in [0.4, 0.5) is 0 Å². The van der Waals surface area contributed by atoms with Crippen molar-refractivity contribution in [1.82, 2.24) is 10.2 Å². The molecule has 3 heteroatoms. The predicted octanol–water partition coefficient (Wildman–Crippen LogP) is 2.91. The number of hydrogen-bond donors (Lipinski definition) is 1. The van der Waals surface area contributed by atoms with Gasteiger partial charge in [0, 0.05) is 6.54 Å². The Labute approximate surface area is 122 Å². The number of benzene rings is 1. The molecule has 0 radical (unpaired) electrons. The second-order valence-corrected chi connectivity index (χ2v) is 5.60. The molecule has 1 atom stereocenters. The van der Waals surface area contributed by atoms with Crippen molar-refractivity contribution < 1.29 is 4.79 Å². The number of amides is 1. The molecule has 1 heterocycles. The maximum atomic E-state index is 12.3. The van der Waals surface area contributed by atoms with E-state index in [2.05, 4.69) is 43.4 Å². The molecular formula is C17H26N2O. The SMILES string of the molecule is CCCCCNCC(=O)N1CCc2ccccc2[C@H]1C. The number of rotatable bonds is 6. The van der Waals surface area contributed by atoms with Crippen molar-refractivity contribution in [3.63, 3.8) is 0 Å². The molecule has 0 aromatic heterocycles.